The Balaban J connectivity index is 1.78. The van der Waals surface area contributed by atoms with Crippen LogP contribution in [0.4, 0.5) is 11.5 Å². The zero-order chi connectivity index (χ0) is 13.7. The first-order chi connectivity index (χ1) is 9.16. The average molecular weight is 264 g/mol. The number of aromatic nitrogens is 1. The average Bonchev–Trinajstić information content (AvgIpc) is 2.93. The van der Waals surface area contributed by atoms with Crippen molar-refractivity contribution in [1.82, 2.24) is 9.88 Å². The summed E-state index contributed by atoms with van der Waals surface area (Å²) < 4.78 is 0. The lowest BCUT2D eigenvalue weighted by Crippen LogP contribution is -2.33. The van der Waals surface area contributed by atoms with Gasteiger partial charge in [0.1, 0.15) is 5.82 Å². The third-order valence-electron chi connectivity index (χ3n) is 3.67. The monoisotopic (exact) mass is 264 g/mol. The first kappa shape index (κ1) is 13.7. The van der Waals surface area contributed by atoms with E-state index in [4.69, 9.17) is 0 Å². The molecule has 0 saturated heterocycles. The van der Waals surface area contributed by atoms with E-state index >= 15 is 0 Å². The third kappa shape index (κ3) is 3.89. The number of nitrogens with zero attached hydrogens (tertiary/aromatic N) is 3. The van der Waals surface area contributed by atoms with Gasteiger partial charge in [-0.15, -0.1) is 0 Å². The minimum atomic E-state index is -0.405. The molecule has 1 heterocycles. The summed E-state index contributed by atoms with van der Waals surface area (Å²) in [5.41, 5.74) is 0.0710. The summed E-state index contributed by atoms with van der Waals surface area (Å²) in [5.74, 6) is 0.564. The molecular formula is C13H20N4O2. The van der Waals surface area contributed by atoms with Crippen molar-refractivity contribution in [1.29, 1.82) is 0 Å². The number of hydrogen-bond donors (Lipinski definition) is 1. The molecule has 1 fully saturated rings. The normalized spacial score (nSPS) is 15.9. The van der Waals surface area contributed by atoms with Crippen molar-refractivity contribution in [3.63, 3.8) is 0 Å². The zero-order valence-electron chi connectivity index (χ0n) is 11.2. The predicted octanol–water partition coefficient (Wildman–Crippen LogP) is 2.28. The molecule has 1 aromatic heterocycles. The highest BCUT2D eigenvalue weighted by Gasteiger charge is 2.18. The van der Waals surface area contributed by atoms with E-state index in [2.05, 4.69) is 22.2 Å². The number of likely N-dealkylation sites (N-methyl/N-ethyl adjacent to an activating group) is 1. The number of anilines is 1. The van der Waals surface area contributed by atoms with Crippen LogP contribution in [0.15, 0.2) is 18.3 Å². The van der Waals surface area contributed by atoms with E-state index in [-0.39, 0.29) is 5.69 Å². The van der Waals surface area contributed by atoms with Gasteiger partial charge in [0.15, 0.2) is 0 Å². The number of hydrogen-bond acceptors (Lipinski definition) is 5. The third-order valence-corrected chi connectivity index (χ3v) is 3.67. The van der Waals surface area contributed by atoms with Crippen LogP contribution in [0.25, 0.3) is 0 Å². The van der Waals surface area contributed by atoms with Gasteiger partial charge in [0.2, 0.25) is 0 Å². The van der Waals surface area contributed by atoms with Crippen LogP contribution in [0.3, 0.4) is 0 Å². The number of nitro groups is 1. The Hall–Kier alpha value is -1.69. The summed E-state index contributed by atoms with van der Waals surface area (Å²) >= 11 is 0. The topological polar surface area (TPSA) is 71.3 Å². The lowest BCUT2D eigenvalue weighted by Gasteiger charge is -2.23. The Labute approximate surface area is 113 Å². The van der Waals surface area contributed by atoms with Gasteiger partial charge < -0.3 is 10.2 Å². The van der Waals surface area contributed by atoms with E-state index < -0.39 is 4.92 Å². The van der Waals surface area contributed by atoms with Gasteiger partial charge in [-0.2, -0.15) is 0 Å². The highest BCUT2D eigenvalue weighted by atomic mass is 16.6. The molecule has 0 aromatic carbocycles. The fourth-order valence-electron chi connectivity index (χ4n) is 2.52. The van der Waals surface area contributed by atoms with Crippen molar-refractivity contribution in [3.05, 3.63) is 28.4 Å². The molecule has 0 unspecified atom stereocenters. The van der Waals surface area contributed by atoms with Gasteiger partial charge in [0.05, 0.1) is 11.0 Å². The van der Waals surface area contributed by atoms with Gasteiger partial charge in [-0.3, -0.25) is 10.1 Å². The Kier molecular flexibility index (Phi) is 4.68. The summed E-state index contributed by atoms with van der Waals surface area (Å²) in [6.07, 6.45) is 6.68. The highest BCUT2D eigenvalue weighted by molar-refractivity contribution is 5.44. The van der Waals surface area contributed by atoms with Gasteiger partial charge >= 0.3 is 0 Å². The van der Waals surface area contributed by atoms with Crippen molar-refractivity contribution in [2.45, 2.75) is 31.7 Å². The molecule has 6 nitrogen and oxygen atoms in total. The standard InChI is InChI=1S/C13H20N4O2/c1-16(11-4-2-3-5-11)9-8-15-13-10-12(17(18)19)6-7-14-13/h6-7,10-11H,2-5,8-9H2,1H3,(H,14,15). The van der Waals surface area contributed by atoms with E-state index in [0.29, 0.717) is 11.9 Å². The van der Waals surface area contributed by atoms with Gasteiger partial charge in [0.25, 0.3) is 5.69 Å². The molecule has 0 amide bonds. The van der Waals surface area contributed by atoms with Crippen molar-refractivity contribution in [3.8, 4) is 0 Å². The highest BCUT2D eigenvalue weighted by Crippen LogP contribution is 2.22. The van der Waals surface area contributed by atoms with Crippen LogP contribution in [-0.4, -0.2) is 41.0 Å². The molecule has 0 radical (unpaired) electrons. The van der Waals surface area contributed by atoms with E-state index in [1.54, 1.807) is 0 Å². The first-order valence-corrected chi connectivity index (χ1v) is 6.71. The quantitative estimate of drug-likeness (QED) is 0.630. The molecule has 1 aromatic rings. The van der Waals surface area contributed by atoms with Crippen LogP contribution in [0, 0.1) is 10.1 Å². The largest absolute Gasteiger partial charge is 0.369 e. The minimum absolute atomic E-state index is 0.0710. The fourth-order valence-corrected chi connectivity index (χ4v) is 2.52. The van der Waals surface area contributed by atoms with Crippen LogP contribution >= 0.6 is 0 Å². The summed E-state index contributed by atoms with van der Waals surface area (Å²) in [4.78, 5) is 16.7. The number of nitrogens with one attached hydrogen (secondary N) is 1. The van der Waals surface area contributed by atoms with Crippen LogP contribution in [0.2, 0.25) is 0 Å². The van der Waals surface area contributed by atoms with E-state index in [1.807, 2.05) is 0 Å². The molecule has 1 saturated carbocycles. The molecular weight excluding hydrogens is 244 g/mol. The molecule has 0 atom stereocenters. The predicted molar refractivity (Wildman–Crippen MR) is 74.3 cm³/mol. The molecule has 0 spiro atoms. The van der Waals surface area contributed by atoms with Crippen molar-refractivity contribution in [2.75, 3.05) is 25.5 Å². The first-order valence-electron chi connectivity index (χ1n) is 6.71. The molecule has 6 heteroatoms. The van der Waals surface area contributed by atoms with Crippen molar-refractivity contribution in [2.24, 2.45) is 0 Å². The second-order valence-electron chi connectivity index (χ2n) is 5.00. The van der Waals surface area contributed by atoms with Crippen LogP contribution in [0.5, 0.6) is 0 Å². The van der Waals surface area contributed by atoms with E-state index in [0.717, 1.165) is 13.1 Å². The second kappa shape index (κ2) is 6.47. The lowest BCUT2D eigenvalue weighted by atomic mass is 10.2. The molecule has 0 bridgehead atoms. The summed E-state index contributed by atoms with van der Waals surface area (Å²) in [6, 6.07) is 3.56. The fraction of sp³-hybridized carbons (Fsp3) is 0.615. The molecule has 104 valence electrons. The Bertz CT molecular complexity index is 432. The maximum Gasteiger partial charge on any atom is 0.274 e. The second-order valence-corrected chi connectivity index (χ2v) is 5.00. The zero-order valence-corrected chi connectivity index (χ0v) is 11.2. The SMILES string of the molecule is CN(CCNc1cc([N+](=O)[O-])ccn1)C1CCCC1. The number of rotatable bonds is 6. The van der Waals surface area contributed by atoms with Gasteiger partial charge in [-0.1, -0.05) is 12.8 Å². The summed E-state index contributed by atoms with van der Waals surface area (Å²) in [6.45, 7) is 1.68. The maximum absolute atomic E-state index is 10.7. The van der Waals surface area contributed by atoms with E-state index in [9.17, 15) is 10.1 Å². The molecule has 1 aliphatic rings. The summed E-state index contributed by atoms with van der Waals surface area (Å²) in [7, 11) is 2.14. The molecule has 0 aliphatic heterocycles. The van der Waals surface area contributed by atoms with Crippen LogP contribution < -0.4 is 5.32 Å². The van der Waals surface area contributed by atoms with Crippen molar-refractivity contribution >= 4 is 11.5 Å². The molecule has 1 N–H and O–H groups in total. The van der Waals surface area contributed by atoms with Crippen molar-refractivity contribution < 1.29 is 4.92 Å². The molecule has 1 aliphatic carbocycles. The Morgan fingerprint density at radius 1 is 1.53 bits per heavy atom. The van der Waals surface area contributed by atoms with E-state index in [1.165, 1.54) is 44.0 Å². The molecule has 19 heavy (non-hydrogen) atoms. The lowest BCUT2D eigenvalue weighted by molar-refractivity contribution is -0.384. The van der Waals surface area contributed by atoms with Crippen LogP contribution in [-0.2, 0) is 0 Å². The Morgan fingerprint density at radius 3 is 2.95 bits per heavy atom. The Morgan fingerprint density at radius 2 is 2.26 bits per heavy atom. The van der Waals surface area contributed by atoms with Gasteiger partial charge in [0, 0.05) is 31.4 Å². The maximum atomic E-state index is 10.7. The summed E-state index contributed by atoms with van der Waals surface area (Å²) in [5, 5.41) is 13.8. The van der Waals surface area contributed by atoms with Gasteiger partial charge in [-0.25, -0.2) is 4.98 Å². The minimum Gasteiger partial charge on any atom is -0.369 e. The van der Waals surface area contributed by atoms with Crippen LogP contribution in [0.1, 0.15) is 25.7 Å². The van der Waals surface area contributed by atoms with Gasteiger partial charge in [-0.05, 0) is 19.9 Å². The molecule has 2 rings (SSSR count). The number of pyridine rings is 1. The smallest absolute Gasteiger partial charge is 0.274 e.